The zero-order valence-electron chi connectivity index (χ0n) is 9.81. The highest BCUT2D eigenvalue weighted by Gasteiger charge is 2.46. The molecule has 88 valence electrons. The number of hydrogen-bond donors (Lipinski definition) is 1. The van der Waals surface area contributed by atoms with Crippen LogP contribution < -0.4 is 5.32 Å². The average molecular weight is 245 g/mol. The molecule has 17 heavy (non-hydrogen) atoms. The summed E-state index contributed by atoms with van der Waals surface area (Å²) in [7, 11) is 2.01. The number of aromatic nitrogens is 2. The maximum atomic E-state index is 4.77. The van der Waals surface area contributed by atoms with Crippen LogP contribution in [0.2, 0.25) is 0 Å². The summed E-state index contributed by atoms with van der Waals surface area (Å²) in [4.78, 5) is 8.91. The fraction of sp³-hybridized carbons (Fsp3) is 0.385. The topological polar surface area (TPSA) is 37.8 Å². The van der Waals surface area contributed by atoms with Crippen LogP contribution in [0.25, 0.3) is 11.3 Å². The van der Waals surface area contributed by atoms with Gasteiger partial charge in [0.2, 0.25) is 0 Å². The quantitative estimate of drug-likeness (QED) is 0.899. The Hall–Kier alpha value is -1.26. The van der Waals surface area contributed by atoms with Gasteiger partial charge in [-0.25, -0.2) is 4.98 Å². The molecule has 1 N–H and O–H groups in total. The van der Waals surface area contributed by atoms with Crippen molar-refractivity contribution < 1.29 is 0 Å². The second-order valence-corrected chi connectivity index (χ2v) is 5.45. The molecular weight excluding hydrogens is 230 g/mol. The van der Waals surface area contributed by atoms with Crippen molar-refractivity contribution in [3.63, 3.8) is 0 Å². The van der Waals surface area contributed by atoms with Crippen molar-refractivity contribution in [1.29, 1.82) is 0 Å². The van der Waals surface area contributed by atoms with Gasteiger partial charge >= 0.3 is 0 Å². The summed E-state index contributed by atoms with van der Waals surface area (Å²) in [6.07, 6.45) is 6.18. The molecule has 0 amide bonds. The number of rotatable bonds is 4. The van der Waals surface area contributed by atoms with Crippen molar-refractivity contribution in [2.24, 2.45) is 0 Å². The van der Waals surface area contributed by atoms with Crippen LogP contribution >= 0.6 is 11.3 Å². The molecule has 2 aromatic rings. The second kappa shape index (κ2) is 4.20. The van der Waals surface area contributed by atoms with Crippen LogP contribution in [-0.2, 0) is 5.41 Å². The number of nitrogens with one attached hydrogen (secondary N) is 1. The van der Waals surface area contributed by atoms with E-state index in [9.17, 15) is 0 Å². The smallest absolute Gasteiger partial charge is 0.101 e. The van der Waals surface area contributed by atoms with Crippen molar-refractivity contribution in [3.05, 3.63) is 34.9 Å². The van der Waals surface area contributed by atoms with Gasteiger partial charge in [0.25, 0.3) is 0 Å². The molecule has 0 radical (unpaired) electrons. The summed E-state index contributed by atoms with van der Waals surface area (Å²) in [6.45, 7) is 1.03. The van der Waals surface area contributed by atoms with E-state index >= 15 is 0 Å². The first-order valence-corrected chi connectivity index (χ1v) is 6.73. The number of thiazole rings is 1. The monoisotopic (exact) mass is 245 g/mol. The molecular formula is C13H15N3S. The molecule has 0 bridgehead atoms. The van der Waals surface area contributed by atoms with E-state index in [4.69, 9.17) is 4.98 Å². The zero-order chi connectivity index (χ0) is 11.7. The normalized spacial score (nSPS) is 17.0. The highest BCUT2D eigenvalue weighted by Crippen LogP contribution is 2.49. The van der Waals surface area contributed by atoms with E-state index in [0.29, 0.717) is 5.41 Å². The number of nitrogens with zero attached hydrogens (tertiary/aromatic N) is 2. The third kappa shape index (κ3) is 1.98. The second-order valence-electron chi connectivity index (χ2n) is 4.59. The van der Waals surface area contributed by atoms with E-state index in [2.05, 4.69) is 21.7 Å². The van der Waals surface area contributed by atoms with Gasteiger partial charge in [0, 0.05) is 35.3 Å². The van der Waals surface area contributed by atoms with Crippen LogP contribution in [0.15, 0.2) is 29.9 Å². The van der Waals surface area contributed by atoms with E-state index in [1.165, 1.54) is 17.8 Å². The van der Waals surface area contributed by atoms with Gasteiger partial charge in [-0.05, 0) is 32.0 Å². The van der Waals surface area contributed by atoms with Crippen molar-refractivity contribution in [1.82, 2.24) is 15.3 Å². The standard InChI is InChI=1S/C13H15N3S/c1-14-9-13(4-5-13)12-16-11(8-17-12)10-3-2-6-15-7-10/h2-3,6-8,14H,4-5,9H2,1H3. The van der Waals surface area contributed by atoms with Gasteiger partial charge in [-0.1, -0.05) is 0 Å². The molecule has 0 aromatic carbocycles. The minimum absolute atomic E-state index is 0.319. The van der Waals surface area contributed by atoms with Crippen LogP contribution in [0.3, 0.4) is 0 Å². The first-order valence-electron chi connectivity index (χ1n) is 5.85. The van der Waals surface area contributed by atoms with E-state index in [0.717, 1.165) is 17.8 Å². The van der Waals surface area contributed by atoms with Crippen molar-refractivity contribution in [2.75, 3.05) is 13.6 Å². The maximum Gasteiger partial charge on any atom is 0.101 e. The SMILES string of the molecule is CNCC1(c2nc(-c3cccnc3)cs2)CC1. The Bertz CT molecular complexity index is 502. The van der Waals surface area contributed by atoms with E-state index in [1.807, 2.05) is 19.3 Å². The molecule has 0 spiro atoms. The fourth-order valence-corrected chi connectivity index (χ4v) is 3.21. The molecule has 3 rings (SSSR count). The minimum atomic E-state index is 0.319. The van der Waals surface area contributed by atoms with Crippen molar-refractivity contribution in [2.45, 2.75) is 18.3 Å². The Labute approximate surface area is 105 Å². The number of pyridine rings is 1. The molecule has 0 aliphatic heterocycles. The molecule has 1 aliphatic carbocycles. The molecule has 0 atom stereocenters. The van der Waals surface area contributed by atoms with E-state index in [-0.39, 0.29) is 0 Å². The maximum absolute atomic E-state index is 4.77. The first-order chi connectivity index (χ1) is 8.34. The summed E-state index contributed by atoms with van der Waals surface area (Å²) in [5, 5.41) is 6.68. The Morgan fingerprint density at radius 3 is 3.00 bits per heavy atom. The largest absolute Gasteiger partial charge is 0.319 e. The number of hydrogen-bond acceptors (Lipinski definition) is 4. The van der Waals surface area contributed by atoms with Crippen LogP contribution in [0.4, 0.5) is 0 Å². The Kier molecular flexibility index (Phi) is 2.68. The van der Waals surface area contributed by atoms with Crippen LogP contribution in [-0.4, -0.2) is 23.6 Å². The van der Waals surface area contributed by atoms with Crippen LogP contribution in [0, 0.1) is 0 Å². The lowest BCUT2D eigenvalue weighted by Gasteiger charge is -2.10. The fourth-order valence-electron chi connectivity index (χ4n) is 2.12. The summed E-state index contributed by atoms with van der Waals surface area (Å²) >= 11 is 1.77. The molecule has 3 nitrogen and oxygen atoms in total. The Morgan fingerprint density at radius 2 is 2.35 bits per heavy atom. The van der Waals surface area contributed by atoms with Crippen molar-refractivity contribution >= 4 is 11.3 Å². The summed E-state index contributed by atoms with van der Waals surface area (Å²) in [6, 6.07) is 4.01. The minimum Gasteiger partial charge on any atom is -0.319 e. The Balaban J connectivity index is 1.89. The average Bonchev–Trinajstić information content (AvgIpc) is 2.98. The summed E-state index contributed by atoms with van der Waals surface area (Å²) in [5.74, 6) is 0. The molecule has 1 fully saturated rings. The van der Waals surface area contributed by atoms with Crippen LogP contribution in [0.5, 0.6) is 0 Å². The number of likely N-dealkylation sites (N-methyl/N-ethyl adjacent to an activating group) is 1. The lowest BCUT2D eigenvalue weighted by Crippen LogP contribution is -2.23. The zero-order valence-corrected chi connectivity index (χ0v) is 10.6. The van der Waals surface area contributed by atoms with E-state index < -0.39 is 0 Å². The highest BCUT2D eigenvalue weighted by molar-refractivity contribution is 7.10. The van der Waals surface area contributed by atoms with Gasteiger partial charge in [0.1, 0.15) is 5.01 Å². The predicted octanol–water partition coefficient (Wildman–Crippen LogP) is 2.46. The summed E-state index contributed by atoms with van der Waals surface area (Å²) in [5.41, 5.74) is 2.48. The predicted molar refractivity (Wildman–Crippen MR) is 70.2 cm³/mol. The van der Waals surface area contributed by atoms with Gasteiger partial charge in [-0.3, -0.25) is 4.98 Å². The molecule has 0 unspecified atom stereocenters. The first kappa shape index (κ1) is 10.9. The molecule has 1 saturated carbocycles. The highest BCUT2D eigenvalue weighted by atomic mass is 32.1. The third-order valence-electron chi connectivity index (χ3n) is 3.28. The summed E-state index contributed by atoms with van der Waals surface area (Å²) < 4.78 is 0. The van der Waals surface area contributed by atoms with Gasteiger partial charge < -0.3 is 5.32 Å². The van der Waals surface area contributed by atoms with Crippen molar-refractivity contribution in [3.8, 4) is 11.3 Å². The van der Waals surface area contributed by atoms with E-state index in [1.54, 1.807) is 17.5 Å². The van der Waals surface area contributed by atoms with Crippen LogP contribution in [0.1, 0.15) is 17.8 Å². The van der Waals surface area contributed by atoms with Gasteiger partial charge in [0.15, 0.2) is 0 Å². The third-order valence-corrected chi connectivity index (χ3v) is 4.37. The van der Waals surface area contributed by atoms with Gasteiger partial charge in [-0.15, -0.1) is 11.3 Å². The molecule has 2 aromatic heterocycles. The molecule has 0 saturated heterocycles. The molecule has 4 heteroatoms. The molecule has 2 heterocycles. The lowest BCUT2D eigenvalue weighted by atomic mass is 10.1. The van der Waals surface area contributed by atoms with Gasteiger partial charge in [-0.2, -0.15) is 0 Å². The Morgan fingerprint density at radius 1 is 1.47 bits per heavy atom. The van der Waals surface area contributed by atoms with Gasteiger partial charge in [0.05, 0.1) is 5.69 Å². The lowest BCUT2D eigenvalue weighted by molar-refractivity contribution is 0.621. The molecule has 1 aliphatic rings.